The van der Waals surface area contributed by atoms with Crippen LogP contribution in [0.2, 0.25) is 0 Å². The number of likely N-dealkylation sites (N-methyl/N-ethyl adjacent to an activating group) is 1. The summed E-state index contributed by atoms with van der Waals surface area (Å²) in [5, 5.41) is 0. The molecule has 0 aliphatic carbocycles. The Morgan fingerprint density at radius 3 is 2.86 bits per heavy atom. The van der Waals surface area contributed by atoms with E-state index in [9.17, 15) is 0 Å². The molecule has 0 saturated carbocycles. The average molecular weight is 189 g/mol. The van der Waals surface area contributed by atoms with Crippen LogP contribution in [0.15, 0.2) is 18.2 Å². The first kappa shape index (κ1) is 9.72. The molecule has 0 unspecified atom stereocenters. The van der Waals surface area contributed by atoms with Crippen molar-refractivity contribution in [3.63, 3.8) is 0 Å². The second-order valence-electron chi connectivity index (χ2n) is 4.03. The smallest absolute Gasteiger partial charge is 0.0236 e. The molecular formula is C13H19N. The highest BCUT2D eigenvalue weighted by atomic mass is 15.1. The summed E-state index contributed by atoms with van der Waals surface area (Å²) in [4.78, 5) is 2.52. The molecular weight excluding hydrogens is 170 g/mol. The molecule has 0 N–H and O–H groups in total. The zero-order chi connectivity index (χ0) is 9.97. The fourth-order valence-electron chi connectivity index (χ4n) is 2.35. The second kappa shape index (κ2) is 4.14. The number of fused-ring (bicyclic) bond motifs is 1. The van der Waals surface area contributed by atoms with E-state index in [0.717, 1.165) is 6.54 Å². The van der Waals surface area contributed by atoms with E-state index in [2.05, 4.69) is 36.9 Å². The number of aryl methyl sites for hydroxylation is 1. The zero-order valence-electron chi connectivity index (χ0n) is 9.21. The minimum atomic E-state index is 1.15. The van der Waals surface area contributed by atoms with E-state index < -0.39 is 0 Å². The van der Waals surface area contributed by atoms with Crippen LogP contribution in [0.5, 0.6) is 0 Å². The van der Waals surface area contributed by atoms with Gasteiger partial charge in [0, 0.05) is 13.1 Å². The molecule has 0 saturated heterocycles. The molecule has 1 aliphatic heterocycles. The highest BCUT2D eigenvalue weighted by Gasteiger charge is 2.16. The van der Waals surface area contributed by atoms with Crippen LogP contribution < -0.4 is 0 Å². The number of hydrogen-bond donors (Lipinski definition) is 0. The van der Waals surface area contributed by atoms with Gasteiger partial charge in [0.05, 0.1) is 0 Å². The molecule has 0 radical (unpaired) electrons. The molecule has 0 bridgehead atoms. The van der Waals surface area contributed by atoms with E-state index in [4.69, 9.17) is 0 Å². The predicted molar refractivity (Wildman–Crippen MR) is 60.5 cm³/mol. The van der Waals surface area contributed by atoms with Crippen molar-refractivity contribution in [2.45, 2.75) is 33.2 Å². The molecule has 0 aromatic heterocycles. The van der Waals surface area contributed by atoms with Gasteiger partial charge in [-0.1, -0.05) is 32.0 Å². The van der Waals surface area contributed by atoms with Crippen LogP contribution in [0, 0.1) is 0 Å². The summed E-state index contributed by atoms with van der Waals surface area (Å²) < 4.78 is 0. The van der Waals surface area contributed by atoms with Gasteiger partial charge < -0.3 is 0 Å². The Morgan fingerprint density at radius 1 is 1.29 bits per heavy atom. The standard InChI is InChI=1S/C13H19N/c1-3-11-6-5-7-12-10-14(4-2)9-8-13(11)12/h5-7H,3-4,8-10H2,1-2H3. The zero-order valence-corrected chi connectivity index (χ0v) is 9.21. The number of rotatable bonds is 2. The number of benzene rings is 1. The molecule has 76 valence electrons. The summed E-state index contributed by atoms with van der Waals surface area (Å²) in [6.07, 6.45) is 2.42. The van der Waals surface area contributed by atoms with Crippen LogP contribution in [0.4, 0.5) is 0 Å². The summed E-state index contributed by atoms with van der Waals surface area (Å²) >= 11 is 0. The van der Waals surface area contributed by atoms with Crippen LogP contribution in [-0.4, -0.2) is 18.0 Å². The van der Waals surface area contributed by atoms with Gasteiger partial charge in [0.25, 0.3) is 0 Å². The fourth-order valence-corrected chi connectivity index (χ4v) is 2.35. The Hall–Kier alpha value is -0.820. The molecule has 0 atom stereocenters. The quantitative estimate of drug-likeness (QED) is 0.691. The molecule has 1 aromatic rings. The molecule has 0 spiro atoms. The van der Waals surface area contributed by atoms with Crippen LogP contribution in [0.3, 0.4) is 0 Å². The maximum Gasteiger partial charge on any atom is 0.0236 e. The monoisotopic (exact) mass is 189 g/mol. The van der Waals surface area contributed by atoms with E-state index in [1.165, 1.54) is 25.9 Å². The molecule has 1 aromatic carbocycles. The van der Waals surface area contributed by atoms with Gasteiger partial charge in [-0.3, -0.25) is 4.90 Å². The summed E-state index contributed by atoms with van der Waals surface area (Å²) in [6.45, 7) is 8.06. The Morgan fingerprint density at radius 2 is 2.14 bits per heavy atom. The summed E-state index contributed by atoms with van der Waals surface area (Å²) in [5.74, 6) is 0. The van der Waals surface area contributed by atoms with Gasteiger partial charge in [-0.05, 0) is 36.1 Å². The van der Waals surface area contributed by atoms with Crippen molar-refractivity contribution < 1.29 is 0 Å². The summed E-state index contributed by atoms with van der Waals surface area (Å²) in [6, 6.07) is 6.77. The van der Waals surface area contributed by atoms with Crippen molar-refractivity contribution >= 4 is 0 Å². The molecule has 2 rings (SSSR count). The van der Waals surface area contributed by atoms with Crippen molar-refractivity contribution in [1.82, 2.24) is 4.90 Å². The second-order valence-corrected chi connectivity index (χ2v) is 4.03. The van der Waals surface area contributed by atoms with E-state index in [-0.39, 0.29) is 0 Å². The first-order valence-corrected chi connectivity index (χ1v) is 5.67. The van der Waals surface area contributed by atoms with Gasteiger partial charge in [-0.2, -0.15) is 0 Å². The predicted octanol–water partition coefficient (Wildman–Crippen LogP) is 2.63. The van der Waals surface area contributed by atoms with Crippen LogP contribution in [0.1, 0.15) is 30.5 Å². The average Bonchev–Trinajstić information content (AvgIpc) is 2.27. The molecule has 1 nitrogen and oxygen atoms in total. The Kier molecular flexibility index (Phi) is 2.87. The normalized spacial score (nSPS) is 16.7. The van der Waals surface area contributed by atoms with E-state index in [1.807, 2.05) is 0 Å². The minimum absolute atomic E-state index is 1.15. The summed E-state index contributed by atoms with van der Waals surface area (Å²) in [7, 11) is 0. The SMILES string of the molecule is CCc1cccc2c1CCN(CC)C2. The largest absolute Gasteiger partial charge is 0.299 e. The molecule has 0 amide bonds. The Bertz CT molecular complexity index is 317. The fraction of sp³-hybridized carbons (Fsp3) is 0.538. The maximum absolute atomic E-state index is 2.52. The Labute approximate surface area is 86.7 Å². The van der Waals surface area contributed by atoms with Crippen LogP contribution in [0.25, 0.3) is 0 Å². The highest BCUT2D eigenvalue weighted by Crippen LogP contribution is 2.22. The van der Waals surface area contributed by atoms with Crippen molar-refractivity contribution in [3.05, 3.63) is 34.9 Å². The lowest BCUT2D eigenvalue weighted by Gasteiger charge is -2.28. The van der Waals surface area contributed by atoms with Crippen LogP contribution >= 0.6 is 0 Å². The van der Waals surface area contributed by atoms with Gasteiger partial charge in [0.1, 0.15) is 0 Å². The lowest BCUT2D eigenvalue weighted by atomic mass is 9.93. The molecule has 1 heterocycles. The van der Waals surface area contributed by atoms with Gasteiger partial charge in [0.15, 0.2) is 0 Å². The van der Waals surface area contributed by atoms with Crippen molar-refractivity contribution in [2.24, 2.45) is 0 Å². The topological polar surface area (TPSA) is 3.24 Å². The lowest BCUT2D eigenvalue weighted by molar-refractivity contribution is 0.267. The molecule has 1 heteroatoms. The molecule has 1 aliphatic rings. The molecule has 14 heavy (non-hydrogen) atoms. The third-order valence-electron chi connectivity index (χ3n) is 3.27. The van der Waals surface area contributed by atoms with Crippen molar-refractivity contribution in [1.29, 1.82) is 0 Å². The first-order valence-electron chi connectivity index (χ1n) is 5.67. The minimum Gasteiger partial charge on any atom is -0.299 e. The highest BCUT2D eigenvalue weighted by molar-refractivity contribution is 5.36. The van der Waals surface area contributed by atoms with Gasteiger partial charge >= 0.3 is 0 Å². The van der Waals surface area contributed by atoms with E-state index in [1.54, 1.807) is 16.7 Å². The number of hydrogen-bond acceptors (Lipinski definition) is 1. The lowest BCUT2D eigenvalue weighted by Crippen LogP contribution is -2.30. The number of nitrogens with zero attached hydrogens (tertiary/aromatic N) is 1. The maximum atomic E-state index is 2.52. The third-order valence-corrected chi connectivity index (χ3v) is 3.27. The van der Waals surface area contributed by atoms with Crippen LogP contribution in [-0.2, 0) is 19.4 Å². The first-order chi connectivity index (χ1) is 6.85. The Balaban J connectivity index is 2.30. The van der Waals surface area contributed by atoms with Gasteiger partial charge in [-0.15, -0.1) is 0 Å². The molecule has 0 fully saturated rings. The van der Waals surface area contributed by atoms with Crippen molar-refractivity contribution in [2.75, 3.05) is 13.1 Å². The third kappa shape index (κ3) is 1.69. The van der Waals surface area contributed by atoms with E-state index in [0.29, 0.717) is 0 Å². The van der Waals surface area contributed by atoms with E-state index >= 15 is 0 Å². The van der Waals surface area contributed by atoms with Gasteiger partial charge in [0.2, 0.25) is 0 Å². The summed E-state index contributed by atoms with van der Waals surface area (Å²) in [5.41, 5.74) is 4.73. The van der Waals surface area contributed by atoms with Gasteiger partial charge in [-0.25, -0.2) is 0 Å². The van der Waals surface area contributed by atoms with Crippen molar-refractivity contribution in [3.8, 4) is 0 Å².